The van der Waals surface area contributed by atoms with E-state index in [1.165, 1.54) is 4.90 Å². The predicted octanol–water partition coefficient (Wildman–Crippen LogP) is 3.10. The molecular weight excluding hydrogens is 376 g/mol. The molecule has 29 heavy (non-hydrogen) atoms. The molecule has 2 rings (SSSR count). The van der Waals surface area contributed by atoms with Gasteiger partial charge in [-0.05, 0) is 33.3 Å². The van der Waals surface area contributed by atoms with E-state index in [9.17, 15) is 14.4 Å². The number of ether oxygens (including phenoxy) is 3. The molecule has 8 nitrogen and oxygen atoms in total. The molecule has 0 atom stereocenters. The lowest BCUT2D eigenvalue weighted by atomic mass is 9.77. The zero-order chi connectivity index (χ0) is 21.5. The van der Waals surface area contributed by atoms with Crippen molar-refractivity contribution < 1.29 is 28.6 Å². The first kappa shape index (κ1) is 22.5. The number of hydrogen-bond acceptors (Lipinski definition) is 6. The number of benzene rings is 1. The number of carbonyl (C=O) groups excluding carboxylic acids is 3. The summed E-state index contributed by atoms with van der Waals surface area (Å²) < 4.78 is 15.6. The molecule has 0 saturated carbocycles. The van der Waals surface area contributed by atoms with Gasteiger partial charge in [-0.15, -0.1) is 0 Å². The van der Waals surface area contributed by atoms with Crippen molar-refractivity contribution in [2.45, 2.75) is 46.3 Å². The van der Waals surface area contributed by atoms with E-state index in [0.29, 0.717) is 13.1 Å². The number of amides is 2. The fourth-order valence-electron chi connectivity index (χ4n) is 3.06. The molecule has 0 radical (unpaired) electrons. The molecule has 1 aromatic rings. The minimum absolute atomic E-state index is 0.0963. The summed E-state index contributed by atoms with van der Waals surface area (Å²) in [5.74, 6) is -0.365. The molecule has 0 aliphatic carbocycles. The molecule has 1 aliphatic heterocycles. The van der Waals surface area contributed by atoms with Crippen LogP contribution in [0.5, 0.6) is 0 Å². The van der Waals surface area contributed by atoms with Crippen LogP contribution in [0.4, 0.5) is 9.59 Å². The summed E-state index contributed by atoms with van der Waals surface area (Å²) in [6.45, 7) is 8.32. The smallest absolute Gasteiger partial charge is 0.410 e. The van der Waals surface area contributed by atoms with E-state index in [1.807, 2.05) is 30.3 Å². The lowest BCUT2D eigenvalue weighted by Crippen LogP contribution is -2.63. The molecule has 8 heteroatoms. The number of nitrogens with zero attached hydrogens (tertiary/aromatic N) is 1. The van der Waals surface area contributed by atoms with Crippen LogP contribution < -0.4 is 5.32 Å². The highest BCUT2D eigenvalue weighted by molar-refractivity contribution is 5.74. The molecule has 160 valence electrons. The summed E-state index contributed by atoms with van der Waals surface area (Å²) in [7, 11) is 0. The molecule has 1 N–H and O–H groups in total. The third kappa shape index (κ3) is 7.29. The van der Waals surface area contributed by atoms with E-state index in [1.54, 1.807) is 27.7 Å². The summed E-state index contributed by atoms with van der Waals surface area (Å²) in [6.07, 6.45) is -0.921. The number of nitrogens with one attached hydrogen (secondary N) is 1. The summed E-state index contributed by atoms with van der Waals surface area (Å²) in [5, 5.41) is 2.70. The average Bonchev–Trinajstić information content (AvgIpc) is 2.61. The van der Waals surface area contributed by atoms with Crippen molar-refractivity contribution in [3.63, 3.8) is 0 Å². The first-order valence-corrected chi connectivity index (χ1v) is 9.70. The highest BCUT2D eigenvalue weighted by atomic mass is 16.6. The second-order valence-electron chi connectivity index (χ2n) is 8.23. The van der Waals surface area contributed by atoms with Crippen LogP contribution in [0, 0.1) is 5.41 Å². The second kappa shape index (κ2) is 9.62. The van der Waals surface area contributed by atoms with Gasteiger partial charge >= 0.3 is 18.2 Å². The first-order chi connectivity index (χ1) is 13.6. The van der Waals surface area contributed by atoms with E-state index >= 15 is 0 Å². The molecule has 1 fully saturated rings. The Morgan fingerprint density at radius 2 is 1.76 bits per heavy atom. The minimum atomic E-state index is -0.602. The summed E-state index contributed by atoms with van der Waals surface area (Å²) in [5.41, 5.74) is -0.325. The molecule has 1 aromatic carbocycles. The number of hydrogen-bond donors (Lipinski definition) is 1. The largest absolute Gasteiger partial charge is 0.466 e. The van der Waals surface area contributed by atoms with E-state index < -0.39 is 23.2 Å². The topological polar surface area (TPSA) is 94.2 Å². The van der Waals surface area contributed by atoms with Crippen molar-refractivity contribution in [1.82, 2.24) is 10.2 Å². The normalized spacial score (nSPS) is 15.1. The van der Waals surface area contributed by atoms with Crippen molar-refractivity contribution in [3.8, 4) is 0 Å². The highest BCUT2D eigenvalue weighted by Crippen LogP contribution is 2.35. The lowest BCUT2D eigenvalue weighted by Gasteiger charge is -2.49. The van der Waals surface area contributed by atoms with Crippen LogP contribution in [0.2, 0.25) is 0 Å². The van der Waals surface area contributed by atoms with Gasteiger partial charge in [-0.25, -0.2) is 9.59 Å². The lowest BCUT2D eigenvalue weighted by molar-refractivity contribution is -0.149. The van der Waals surface area contributed by atoms with Gasteiger partial charge in [-0.1, -0.05) is 30.3 Å². The average molecular weight is 406 g/mol. The van der Waals surface area contributed by atoms with Gasteiger partial charge in [0.1, 0.15) is 12.2 Å². The van der Waals surface area contributed by atoms with Gasteiger partial charge in [0.2, 0.25) is 0 Å². The Morgan fingerprint density at radius 3 is 2.34 bits per heavy atom. The quantitative estimate of drug-likeness (QED) is 0.552. The van der Waals surface area contributed by atoms with Crippen molar-refractivity contribution in [2.75, 3.05) is 26.2 Å². The Morgan fingerprint density at radius 1 is 1.10 bits per heavy atom. The number of likely N-dealkylation sites (tertiary alicyclic amines) is 1. The van der Waals surface area contributed by atoms with Gasteiger partial charge in [0.15, 0.2) is 0 Å². The summed E-state index contributed by atoms with van der Waals surface area (Å²) >= 11 is 0. The molecule has 1 aliphatic rings. The van der Waals surface area contributed by atoms with Crippen LogP contribution in [0.25, 0.3) is 0 Å². The van der Waals surface area contributed by atoms with Crippen LogP contribution in [0.3, 0.4) is 0 Å². The van der Waals surface area contributed by atoms with Crippen molar-refractivity contribution in [1.29, 1.82) is 0 Å². The van der Waals surface area contributed by atoms with E-state index in [-0.39, 0.29) is 32.1 Å². The zero-order valence-electron chi connectivity index (χ0n) is 17.5. The molecule has 0 spiro atoms. The Kier molecular flexibility index (Phi) is 7.47. The van der Waals surface area contributed by atoms with Gasteiger partial charge in [-0.2, -0.15) is 0 Å². The van der Waals surface area contributed by atoms with Crippen molar-refractivity contribution in [3.05, 3.63) is 35.9 Å². The third-order valence-electron chi connectivity index (χ3n) is 4.35. The van der Waals surface area contributed by atoms with Gasteiger partial charge in [-0.3, -0.25) is 4.79 Å². The molecule has 0 aromatic heterocycles. The minimum Gasteiger partial charge on any atom is -0.466 e. The van der Waals surface area contributed by atoms with Crippen molar-refractivity contribution in [2.24, 2.45) is 5.41 Å². The number of rotatable bonds is 7. The number of carbonyl (C=O) groups is 3. The van der Waals surface area contributed by atoms with Crippen LogP contribution >= 0.6 is 0 Å². The van der Waals surface area contributed by atoms with Gasteiger partial charge in [0.25, 0.3) is 0 Å². The zero-order valence-corrected chi connectivity index (χ0v) is 17.5. The molecule has 2 amide bonds. The molecule has 0 bridgehead atoms. The first-order valence-electron chi connectivity index (χ1n) is 9.70. The van der Waals surface area contributed by atoms with E-state index in [4.69, 9.17) is 14.2 Å². The SMILES string of the molecule is CCOC(=O)CC1(CNC(=O)OCc2ccccc2)CN(C(=O)OC(C)(C)C)C1. The van der Waals surface area contributed by atoms with Crippen LogP contribution in [-0.4, -0.2) is 54.9 Å². The predicted molar refractivity (Wildman–Crippen MR) is 106 cm³/mol. The highest BCUT2D eigenvalue weighted by Gasteiger charge is 2.48. The van der Waals surface area contributed by atoms with Gasteiger partial charge in [0.05, 0.1) is 13.0 Å². The fourth-order valence-corrected chi connectivity index (χ4v) is 3.06. The van der Waals surface area contributed by atoms with E-state index in [2.05, 4.69) is 5.32 Å². The standard InChI is InChI=1S/C21H30N2O6/c1-5-27-17(24)11-21(14-23(15-21)19(26)29-20(2,3)4)13-22-18(25)28-12-16-9-7-6-8-10-16/h6-10H,5,11-15H2,1-4H3,(H,22,25). The maximum atomic E-state index is 12.2. The molecule has 1 heterocycles. The fraction of sp³-hybridized carbons (Fsp3) is 0.571. The van der Waals surface area contributed by atoms with Gasteiger partial charge in [0, 0.05) is 25.0 Å². The van der Waals surface area contributed by atoms with Crippen LogP contribution in [-0.2, 0) is 25.6 Å². The second-order valence-corrected chi connectivity index (χ2v) is 8.23. The van der Waals surface area contributed by atoms with Gasteiger partial charge < -0.3 is 24.4 Å². The number of alkyl carbamates (subject to hydrolysis) is 1. The maximum absolute atomic E-state index is 12.2. The Labute approximate surface area is 171 Å². The molecular formula is C21H30N2O6. The van der Waals surface area contributed by atoms with E-state index in [0.717, 1.165) is 5.56 Å². The van der Waals surface area contributed by atoms with Crippen molar-refractivity contribution >= 4 is 18.2 Å². The van der Waals surface area contributed by atoms with Crippen LogP contribution in [0.15, 0.2) is 30.3 Å². The maximum Gasteiger partial charge on any atom is 0.410 e. The Bertz CT molecular complexity index is 708. The van der Waals surface area contributed by atoms with Crippen LogP contribution in [0.1, 0.15) is 39.7 Å². The third-order valence-corrected chi connectivity index (χ3v) is 4.35. The Balaban J connectivity index is 1.89. The summed E-state index contributed by atoms with van der Waals surface area (Å²) in [6, 6.07) is 9.34. The molecule has 0 unspecified atom stereocenters. The summed E-state index contributed by atoms with van der Waals surface area (Å²) in [4.78, 5) is 37.8. The monoisotopic (exact) mass is 406 g/mol. The number of esters is 1. The molecule has 1 saturated heterocycles. The Hall–Kier alpha value is -2.77.